The number of amides is 3. The van der Waals surface area contributed by atoms with Crippen LogP contribution >= 0.6 is 0 Å². The number of rotatable bonds is 5. The highest BCUT2D eigenvalue weighted by Gasteiger charge is 2.16. The standard InChI is InChI=1S/C18H15N9O2/c19-16(28)15-14(21-18(20)29)9-27(24-15)13-7-5-11(6-8-13)10-1-3-12(4-2-10)17-22-25-26-23-17/h1-9H,(H2,19,28)(H3,20,21,29)(H,22,23,25,26). The number of carbonyl (C=O) groups excluding carboxylic acids is 2. The van der Waals surface area contributed by atoms with Crippen LogP contribution in [-0.2, 0) is 0 Å². The lowest BCUT2D eigenvalue weighted by Crippen LogP contribution is -2.22. The summed E-state index contributed by atoms with van der Waals surface area (Å²) in [4.78, 5) is 22.6. The van der Waals surface area contributed by atoms with Crippen LogP contribution in [0.15, 0.2) is 54.7 Å². The molecule has 0 saturated heterocycles. The number of H-pyrrole nitrogens is 1. The highest BCUT2D eigenvalue weighted by molar-refractivity contribution is 6.00. The molecule has 11 nitrogen and oxygen atoms in total. The van der Waals surface area contributed by atoms with Gasteiger partial charge < -0.3 is 16.8 Å². The van der Waals surface area contributed by atoms with Crippen LogP contribution in [0.3, 0.4) is 0 Å². The van der Waals surface area contributed by atoms with E-state index in [0.29, 0.717) is 11.5 Å². The maximum Gasteiger partial charge on any atom is 0.316 e. The molecule has 0 fully saturated rings. The van der Waals surface area contributed by atoms with Crippen LogP contribution in [0.1, 0.15) is 10.5 Å². The molecule has 144 valence electrons. The van der Waals surface area contributed by atoms with Crippen molar-refractivity contribution in [1.29, 1.82) is 0 Å². The summed E-state index contributed by atoms with van der Waals surface area (Å²) in [7, 11) is 0. The van der Waals surface area contributed by atoms with Crippen LogP contribution in [0, 0.1) is 0 Å². The number of carbonyl (C=O) groups is 2. The summed E-state index contributed by atoms with van der Waals surface area (Å²) in [5.41, 5.74) is 14.0. The summed E-state index contributed by atoms with van der Waals surface area (Å²) in [6.45, 7) is 0. The van der Waals surface area contributed by atoms with Crippen molar-refractivity contribution in [3.8, 4) is 28.2 Å². The normalized spacial score (nSPS) is 10.6. The number of hydrogen-bond acceptors (Lipinski definition) is 6. The predicted octanol–water partition coefficient (Wildman–Crippen LogP) is 1.31. The molecule has 2 aromatic carbocycles. The smallest absolute Gasteiger partial charge is 0.316 e. The number of nitrogens with one attached hydrogen (secondary N) is 2. The first-order chi connectivity index (χ1) is 14.0. The van der Waals surface area contributed by atoms with E-state index in [-0.39, 0.29) is 11.4 Å². The molecule has 2 aromatic heterocycles. The molecule has 0 radical (unpaired) electrons. The second-order valence-electron chi connectivity index (χ2n) is 6.06. The number of nitrogens with two attached hydrogens (primary N) is 2. The van der Waals surface area contributed by atoms with Gasteiger partial charge in [-0.15, -0.1) is 5.10 Å². The summed E-state index contributed by atoms with van der Waals surface area (Å²) in [5, 5.41) is 20.2. The fourth-order valence-corrected chi connectivity index (χ4v) is 2.82. The van der Waals surface area contributed by atoms with E-state index in [4.69, 9.17) is 11.5 Å². The van der Waals surface area contributed by atoms with E-state index in [2.05, 4.69) is 31.0 Å². The van der Waals surface area contributed by atoms with Gasteiger partial charge >= 0.3 is 6.03 Å². The van der Waals surface area contributed by atoms with Crippen molar-refractivity contribution in [3.63, 3.8) is 0 Å². The molecule has 0 bridgehead atoms. The number of anilines is 1. The molecule has 4 rings (SSSR count). The van der Waals surface area contributed by atoms with E-state index < -0.39 is 11.9 Å². The Balaban J connectivity index is 1.59. The van der Waals surface area contributed by atoms with Crippen molar-refractivity contribution in [2.45, 2.75) is 0 Å². The van der Waals surface area contributed by atoms with E-state index in [0.717, 1.165) is 16.7 Å². The first kappa shape index (κ1) is 17.9. The molecule has 0 atom stereocenters. The summed E-state index contributed by atoms with van der Waals surface area (Å²) < 4.78 is 1.44. The summed E-state index contributed by atoms with van der Waals surface area (Å²) >= 11 is 0. The summed E-state index contributed by atoms with van der Waals surface area (Å²) in [6, 6.07) is 14.4. The number of nitrogens with zero attached hydrogens (tertiary/aromatic N) is 5. The predicted molar refractivity (Wildman–Crippen MR) is 104 cm³/mol. The maximum absolute atomic E-state index is 11.5. The number of benzene rings is 2. The molecule has 29 heavy (non-hydrogen) atoms. The molecule has 0 aliphatic rings. The third-order valence-electron chi connectivity index (χ3n) is 4.17. The van der Waals surface area contributed by atoms with Crippen LogP contribution in [0.25, 0.3) is 28.2 Å². The van der Waals surface area contributed by atoms with Crippen LogP contribution < -0.4 is 16.8 Å². The highest BCUT2D eigenvalue weighted by Crippen LogP contribution is 2.24. The number of tetrazole rings is 1. The topological polar surface area (TPSA) is 170 Å². The maximum atomic E-state index is 11.5. The van der Waals surface area contributed by atoms with Gasteiger partial charge in [0, 0.05) is 5.56 Å². The Morgan fingerprint density at radius 2 is 1.55 bits per heavy atom. The lowest BCUT2D eigenvalue weighted by atomic mass is 10.0. The second-order valence-corrected chi connectivity index (χ2v) is 6.06. The fourth-order valence-electron chi connectivity index (χ4n) is 2.82. The molecule has 3 amide bonds. The van der Waals surface area contributed by atoms with Gasteiger partial charge in [0.2, 0.25) is 0 Å². The highest BCUT2D eigenvalue weighted by atomic mass is 16.2. The van der Waals surface area contributed by atoms with Crippen LogP contribution in [0.4, 0.5) is 10.5 Å². The van der Waals surface area contributed by atoms with Gasteiger partial charge in [-0.05, 0) is 33.7 Å². The minimum Gasteiger partial charge on any atom is -0.364 e. The van der Waals surface area contributed by atoms with Crippen molar-refractivity contribution in [2.75, 3.05) is 5.32 Å². The molecular formula is C18H15N9O2. The summed E-state index contributed by atoms with van der Waals surface area (Å²) in [5.74, 6) is -0.178. The van der Waals surface area contributed by atoms with Crippen LogP contribution in [0.2, 0.25) is 0 Å². The molecule has 2 heterocycles. The van der Waals surface area contributed by atoms with Gasteiger partial charge in [0.1, 0.15) is 0 Å². The fraction of sp³-hybridized carbons (Fsp3) is 0. The van der Waals surface area contributed by atoms with Gasteiger partial charge in [0.25, 0.3) is 5.91 Å². The number of hydrogen-bond donors (Lipinski definition) is 4. The Morgan fingerprint density at radius 3 is 2.10 bits per heavy atom. The molecule has 4 aromatic rings. The Bertz CT molecular complexity index is 1160. The van der Waals surface area contributed by atoms with Crippen LogP contribution in [0.5, 0.6) is 0 Å². The van der Waals surface area contributed by atoms with Crippen molar-refractivity contribution in [2.24, 2.45) is 11.5 Å². The van der Waals surface area contributed by atoms with Crippen molar-refractivity contribution in [1.82, 2.24) is 30.4 Å². The first-order valence-corrected chi connectivity index (χ1v) is 8.42. The van der Waals surface area contributed by atoms with Gasteiger partial charge in [-0.2, -0.15) is 5.10 Å². The van der Waals surface area contributed by atoms with E-state index in [1.807, 2.05) is 48.5 Å². The number of aromatic amines is 1. The monoisotopic (exact) mass is 389 g/mol. The zero-order chi connectivity index (χ0) is 20.4. The van der Waals surface area contributed by atoms with Crippen molar-refractivity contribution < 1.29 is 9.59 Å². The minimum atomic E-state index is -0.813. The third-order valence-corrected chi connectivity index (χ3v) is 4.17. The molecule has 0 aliphatic carbocycles. The van der Waals surface area contributed by atoms with E-state index in [9.17, 15) is 9.59 Å². The number of primary amides is 2. The van der Waals surface area contributed by atoms with E-state index in [1.165, 1.54) is 10.9 Å². The quantitative estimate of drug-likeness (QED) is 0.401. The zero-order valence-corrected chi connectivity index (χ0v) is 14.9. The molecule has 0 aliphatic heterocycles. The Kier molecular flexibility index (Phi) is 4.45. The van der Waals surface area contributed by atoms with Gasteiger partial charge in [-0.3, -0.25) is 4.79 Å². The molecule has 11 heteroatoms. The van der Waals surface area contributed by atoms with Gasteiger partial charge in [-0.25, -0.2) is 14.6 Å². The second kappa shape index (κ2) is 7.23. The van der Waals surface area contributed by atoms with E-state index in [1.54, 1.807) is 0 Å². The Morgan fingerprint density at radius 1 is 0.931 bits per heavy atom. The Labute approximate surface area is 163 Å². The largest absolute Gasteiger partial charge is 0.364 e. The average molecular weight is 389 g/mol. The lowest BCUT2D eigenvalue weighted by Gasteiger charge is -2.05. The average Bonchev–Trinajstić information content (AvgIpc) is 3.38. The SMILES string of the molecule is NC(=O)Nc1cn(-c2ccc(-c3ccc(-c4nnn[nH]4)cc3)cc2)nc1C(N)=O. The zero-order valence-electron chi connectivity index (χ0n) is 14.9. The van der Waals surface area contributed by atoms with Gasteiger partial charge in [0.15, 0.2) is 11.5 Å². The third kappa shape index (κ3) is 3.64. The van der Waals surface area contributed by atoms with Crippen LogP contribution in [-0.4, -0.2) is 42.3 Å². The van der Waals surface area contributed by atoms with Crippen molar-refractivity contribution in [3.05, 3.63) is 60.4 Å². The Hall–Kier alpha value is -4.54. The van der Waals surface area contributed by atoms with E-state index >= 15 is 0 Å². The first-order valence-electron chi connectivity index (χ1n) is 8.42. The van der Waals surface area contributed by atoms with Crippen molar-refractivity contribution >= 4 is 17.6 Å². The molecule has 0 saturated carbocycles. The molecule has 0 unspecified atom stereocenters. The van der Waals surface area contributed by atoms with Gasteiger partial charge in [-0.1, -0.05) is 36.4 Å². The van der Waals surface area contributed by atoms with Gasteiger partial charge in [0.05, 0.1) is 17.6 Å². The number of aromatic nitrogens is 6. The molecular weight excluding hydrogens is 374 g/mol. The minimum absolute atomic E-state index is 0.0784. The lowest BCUT2D eigenvalue weighted by molar-refractivity contribution is 0.0996. The summed E-state index contributed by atoms with van der Waals surface area (Å²) in [6.07, 6.45) is 1.47. The number of urea groups is 1. The molecule has 0 spiro atoms. The molecule has 6 N–H and O–H groups in total.